The standard InChI is InChI=1S/C23H29ClN2O6S/c1-15-10-12-17(13-11-15)33(29,30)25-26-14-16-8-6-4-5-7-9-18(24)21(26)20(23(28)32-3)19(16)22(27)31-2/h10-14,18,21,25H,4-9H2,1-3H3/t18-,21-/m0/s1. The molecule has 3 aliphatic rings. The number of halogens is 1. The number of carbonyl (C=O) groups excluding carboxylic acids is 2. The van der Waals surface area contributed by atoms with Crippen molar-refractivity contribution in [1.82, 2.24) is 9.84 Å². The number of benzene rings is 1. The summed E-state index contributed by atoms with van der Waals surface area (Å²) in [6, 6.07) is 5.45. The molecule has 0 aromatic heterocycles. The van der Waals surface area contributed by atoms with E-state index in [9.17, 15) is 18.0 Å². The molecule has 1 N–H and O–H groups in total. The third-order valence-electron chi connectivity index (χ3n) is 5.85. The highest BCUT2D eigenvalue weighted by molar-refractivity contribution is 7.89. The van der Waals surface area contributed by atoms with Gasteiger partial charge in [-0.3, -0.25) is 5.01 Å². The van der Waals surface area contributed by atoms with Crippen molar-refractivity contribution in [3.8, 4) is 0 Å². The lowest BCUT2D eigenvalue weighted by atomic mass is 9.87. The number of methoxy groups -OCH3 is 2. The number of hydrazine groups is 1. The molecule has 0 fully saturated rings. The number of fused-ring (bicyclic) bond motifs is 7. The van der Waals surface area contributed by atoms with E-state index < -0.39 is 33.4 Å². The summed E-state index contributed by atoms with van der Waals surface area (Å²) in [6.45, 7) is 1.86. The van der Waals surface area contributed by atoms with Crippen LogP contribution in [0.15, 0.2) is 52.1 Å². The van der Waals surface area contributed by atoms with Gasteiger partial charge in [-0.2, -0.15) is 0 Å². The fourth-order valence-electron chi connectivity index (χ4n) is 4.15. The van der Waals surface area contributed by atoms with Crippen LogP contribution in [0.4, 0.5) is 0 Å². The van der Waals surface area contributed by atoms with E-state index in [4.69, 9.17) is 21.1 Å². The molecule has 2 atom stereocenters. The Morgan fingerprint density at radius 3 is 2.30 bits per heavy atom. The average molecular weight is 497 g/mol. The lowest BCUT2D eigenvalue weighted by Gasteiger charge is -2.38. The van der Waals surface area contributed by atoms with E-state index in [2.05, 4.69) is 4.83 Å². The van der Waals surface area contributed by atoms with E-state index in [1.165, 1.54) is 31.4 Å². The van der Waals surface area contributed by atoms with Gasteiger partial charge in [-0.25, -0.2) is 18.0 Å². The summed E-state index contributed by atoms with van der Waals surface area (Å²) in [5, 5.41) is 0.655. The van der Waals surface area contributed by atoms with Gasteiger partial charge in [-0.15, -0.1) is 16.4 Å². The number of ether oxygens (including phenoxy) is 2. The molecule has 0 saturated carbocycles. The van der Waals surface area contributed by atoms with Crippen molar-refractivity contribution >= 4 is 33.6 Å². The highest BCUT2D eigenvalue weighted by Gasteiger charge is 2.42. The van der Waals surface area contributed by atoms with Crippen LogP contribution < -0.4 is 4.83 Å². The lowest BCUT2D eigenvalue weighted by Crippen LogP contribution is -2.53. The van der Waals surface area contributed by atoms with E-state index >= 15 is 0 Å². The third kappa shape index (κ3) is 5.59. The first-order valence-corrected chi connectivity index (χ1v) is 12.7. The van der Waals surface area contributed by atoms with Crippen molar-refractivity contribution in [2.24, 2.45) is 0 Å². The van der Waals surface area contributed by atoms with Gasteiger partial charge >= 0.3 is 11.9 Å². The maximum absolute atomic E-state index is 13.2. The number of aryl methyl sites for hydroxylation is 1. The minimum Gasteiger partial charge on any atom is -0.466 e. The number of hydrogen-bond donors (Lipinski definition) is 1. The Morgan fingerprint density at radius 1 is 1.03 bits per heavy atom. The van der Waals surface area contributed by atoms with E-state index in [1.807, 2.05) is 6.92 Å². The Bertz CT molecular complexity index is 1060. The first-order chi connectivity index (χ1) is 15.7. The molecule has 4 rings (SSSR count). The Hall–Kier alpha value is -2.36. The van der Waals surface area contributed by atoms with Gasteiger partial charge in [-0.05, 0) is 43.9 Å². The Kier molecular flexibility index (Phi) is 8.20. The number of carbonyl (C=O) groups is 2. The van der Waals surface area contributed by atoms with Gasteiger partial charge in [0.15, 0.2) is 0 Å². The monoisotopic (exact) mass is 496 g/mol. The molecular weight excluding hydrogens is 468 g/mol. The van der Waals surface area contributed by atoms with Gasteiger partial charge in [0.2, 0.25) is 0 Å². The fraction of sp³-hybridized carbons (Fsp3) is 0.478. The zero-order chi connectivity index (χ0) is 24.2. The van der Waals surface area contributed by atoms with E-state index in [-0.39, 0.29) is 16.0 Å². The Labute approximate surface area is 199 Å². The quantitative estimate of drug-likeness (QED) is 0.492. The summed E-state index contributed by atoms with van der Waals surface area (Å²) < 4.78 is 36.3. The third-order valence-corrected chi connectivity index (χ3v) is 7.65. The van der Waals surface area contributed by atoms with E-state index in [1.54, 1.807) is 18.3 Å². The number of esters is 2. The van der Waals surface area contributed by atoms with Crippen LogP contribution in [0.1, 0.15) is 44.1 Å². The fourth-order valence-corrected chi connectivity index (χ4v) is 5.60. The molecule has 0 radical (unpaired) electrons. The van der Waals surface area contributed by atoms with Crippen molar-refractivity contribution in [2.75, 3.05) is 14.2 Å². The topological polar surface area (TPSA) is 102 Å². The van der Waals surface area contributed by atoms with Crippen LogP contribution in [0.2, 0.25) is 0 Å². The van der Waals surface area contributed by atoms with Crippen LogP contribution in [-0.2, 0) is 29.1 Å². The summed E-state index contributed by atoms with van der Waals surface area (Å²) in [5.41, 5.74) is 1.50. The molecule has 0 unspecified atom stereocenters. The summed E-state index contributed by atoms with van der Waals surface area (Å²) in [4.78, 5) is 28.3. The van der Waals surface area contributed by atoms with Crippen molar-refractivity contribution in [3.63, 3.8) is 0 Å². The Morgan fingerprint density at radius 2 is 1.67 bits per heavy atom. The van der Waals surface area contributed by atoms with Gasteiger partial charge in [0.25, 0.3) is 10.0 Å². The van der Waals surface area contributed by atoms with Gasteiger partial charge in [0, 0.05) is 6.20 Å². The molecule has 2 aliphatic heterocycles. The first kappa shape index (κ1) is 25.3. The molecule has 10 heteroatoms. The SMILES string of the molecule is COC(=O)C1=C(C(=O)OC)[C@@H]2[C@@H](Cl)CCCCCCC1=CN2NS(=O)(=O)c1ccc(C)cc1. The molecular formula is C23H29ClN2O6S. The minimum absolute atomic E-state index is 0.00430. The maximum atomic E-state index is 13.2. The minimum atomic E-state index is -4.00. The lowest BCUT2D eigenvalue weighted by molar-refractivity contribution is -0.140. The molecule has 0 amide bonds. The summed E-state index contributed by atoms with van der Waals surface area (Å²) in [6.07, 6.45) is 5.97. The highest BCUT2D eigenvalue weighted by atomic mass is 35.5. The number of sulfonamides is 1. The van der Waals surface area contributed by atoms with Crippen molar-refractivity contribution < 1.29 is 27.5 Å². The molecule has 0 spiro atoms. The van der Waals surface area contributed by atoms with E-state index in [0.717, 1.165) is 31.2 Å². The van der Waals surface area contributed by atoms with Crippen LogP contribution in [0, 0.1) is 6.92 Å². The number of nitrogens with one attached hydrogen (secondary N) is 1. The van der Waals surface area contributed by atoms with Crippen molar-refractivity contribution in [1.29, 1.82) is 0 Å². The van der Waals surface area contributed by atoms with Crippen LogP contribution in [0.5, 0.6) is 0 Å². The number of nitrogens with zero attached hydrogens (tertiary/aromatic N) is 1. The highest BCUT2D eigenvalue weighted by Crippen LogP contribution is 2.36. The second kappa shape index (κ2) is 10.7. The smallest absolute Gasteiger partial charge is 0.338 e. The molecule has 2 heterocycles. The normalized spacial score (nSPS) is 21.8. The van der Waals surface area contributed by atoms with E-state index in [0.29, 0.717) is 18.4 Å². The summed E-state index contributed by atoms with van der Waals surface area (Å²) in [5.74, 6) is -1.44. The predicted octanol–water partition coefficient (Wildman–Crippen LogP) is 3.36. The molecule has 8 nitrogen and oxygen atoms in total. The molecule has 1 aromatic rings. The van der Waals surface area contributed by atoms with Crippen LogP contribution in [-0.4, -0.2) is 51.0 Å². The number of rotatable bonds is 5. The number of hydrogen-bond acceptors (Lipinski definition) is 7. The van der Waals surface area contributed by atoms with Gasteiger partial charge < -0.3 is 9.47 Å². The predicted molar refractivity (Wildman–Crippen MR) is 124 cm³/mol. The molecule has 0 saturated heterocycles. The van der Waals surface area contributed by atoms with Crippen molar-refractivity contribution in [3.05, 3.63) is 52.7 Å². The van der Waals surface area contributed by atoms with Crippen molar-refractivity contribution in [2.45, 2.75) is 61.8 Å². The van der Waals surface area contributed by atoms with Crippen LogP contribution in [0.25, 0.3) is 0 Å². The van der Waals surface area contributed by atoms with Crippen LogP contribution in [0.3, 0.4) is 0 Å². The Balaban J connectivity index is 2.15. The van der Waals surface area contributed by atoms with Gasteiger partial charge in [-0.1, -0.05) is 37.0 Å². The molecule has 2 bridgehead atoms. The zero-order valence-corrected chi connectivity index (χ0v) is 20.5. The average Bonchev–Trinajstić information content (AvgIpc) is 2.84. The van der Waals surface area contributed by atoms with Gasteiger partial charge in [0.1, 0.15) is 0 Å². The largest absolute Gasteiger partial charge is 0.466 e. The molecule has 1 aromatic carbocycles. The summed E-state index contributed by atoms with van der Waals surface area (Å²) >= 11 is 6.76. The number of alkyl halides is 1. The molecule has 1 aliphatic carbocycles. The maximum Gasteiger partial charge on any atom is 0.338 e. The molecule has 33 heavy (non-hydrogen) atoms. The van der Waals surface area contributed by atoms with Crippen LogP contribution >= 0.6 is 11.6 Å². The first-order valence-electron chi connectivity index (χ1n) is 10.8. The second-order valence-corrected chi connectivity index (χ2v) is 10.4. The zero-order valence-electron chi connectivity index (χ0n) is 19.0. The second-order valence-electron chi connectivity index (χ2n) is 8.15. The molecule has 180 valence electrons. The summed E-state index contributed by atoms with van der Waals surface area (Å²) in [7, 11) is -1.55. The van der Waals surface area contributed by atoms with Gasteiger partial charge in [0.05, 0.1) is 41.7 Å².